The second kappa shape index (κ2) is 5.42. The van der Waals surface area contributed by atoms with Gasteiger partial charge in [-0.1, -0.05) is 24.3 Å². The zero-order chi connectivity index (χ0) is 16.7. The lowest BCUT2D eigenvalue weighted by atomic mass is 10.0. The van der Waals surface area contributed by atoms with Crippen LogP contribution in [0.25, 0.3) is 11.4 Å². The molecule has 1 aliphatic rings. The van der Waals surface area contributed by atoms with E-state index in [0.29, 0.717) is 29.0 Å². The Morgan fingerprint density at radius 1 is 1.21 bits per heavy atom. The first-order valence-corrected chi connectivity index (χ1v) is 7.42. The number of nitrogens with one attached hydrogen (secondary N) is 1. The Morgan fingerprint density at radius 3 is 2.83 bits per heavy atom. The van der Waals surface area contributed by atoms with Crippen molar-refractivity contribution in [3.8, 4) is 34.5 Å². The fourth-order valence-corrected chi connectivity index (χ4v) is 2.78. The molecule has 0 radical (unpaired) electrons. The highest BCUT2D eigenvalue weighted by Gasteiger charge is 2.25. The van der Waals surface area contributed by atoms with E-state index in [1.807, 2.05) is 12.1 Å². The Labute approximate surface area is 137 Å². The van der Waals surface area contributed by atoms with Crippen molar-refractivity contribution >= 4 is 0 Å². The van der Waals surface area contributed by atoms with Gasteiger partial charge in [-0.3, -0.25) is 4.79 Å². The minimum atomic E-state index is -0.285. The maximum absolute atomic E-state index is 12.4. The molecule has 1 aromatic heterocycles. The SMILES string of the molecule is COc1cccc2c1Oc1nc(-c3ccccc3O)[nH]c(=O)c1C2. The second-order valence-electron chi connectivity index (χ2n) is 5.44. The first kappa shape index (κ1) is 14.3. The van der Waals surface area contributed by atoms with Crippen molar-refractivity contribution in [1.29, 1.82) is 0 Å². The van der Waals surface area contributed by atoms with Crippen LogP contribution in [0.15, 0.2) is 47.3 Å². The van der Waals surface area contributed by atoms with Crippen molar-refractivity contribution in [3.05, 3.63) is 63.9 Å². The highest BCUT2D eigenvalue weighted by Crippen LogP contribution is 2.40. The molecule has 2 aromatic carbocycles. The lowest BCUT2D eigenvalue weighted by Crippen LogP contribution is -2.20. The number of methoxy groups -OCH3 is 1. The van der Waals surface area contributed by atoms with Crippen molar-refractivity contribution in [3.63, 3.8) is 0 Å². The summed E-state index contributed by atoms with van der Waals surface area (Å²) in [5, 5.41) is 9.98. The molecule has 0 spiro atoms. The van der Waals surface area contributed by atoms with Crippen LogP contribution in [0.3, 0.4) is 0 Å². The summed E-state index contributed by atoms with van der Waals surface area (Å²) in [5.74, 6) is 1.68. The molecule has 0 amide bonds. The fourth-order valence-electron chi connectivity index (χ4n) is 2.78. The summed E-state index contributed by atoms with van der Waals surface area (Å²) in [6, 6.07) is 12.2. The number of rotatable bonds is 2. The molecule has 0 saturated carbocycles. The highest BCUT2D eigenvalue weighted by atomic mass is 16.5. The lowest BCUT2D eigenvalue weighted by Gasteiger charge is -2.21. The Balaban J connectivity index is 1.86. The number of fused-ring (bicyclic) bond motifs is 2. The van der Waals surface area contributed by atoms with Crippen LogP contribution in [0.4, 0.5) is 0 Å². The zero-order valence-corrected chi connectivity index (χ0v) is 12.9. The largest absolute Gasteiger partial charge is 0.507 e. The monoisotopic (exact) mass is 322 g/mol. The van der Waals surface area contributed by atoms with Gasteiger partial charge in [-0.25, -0.2) is 0 Å². The predicted octanol–water partition coefficient (Wildman–Crippen LogP) is 2.85. The first-order valence-electron chi connectivity index (χ1n) is 7.42. The number of phenolic OH excluding ortho intramolecular Hbond substituents is 1. The molecule has 2 heterocycles. The molecule has 0 aliphatic carbocycles. The summed E-state index contributed by atoms with van der Waals surface area (Å²) in [4.78, 5) is 19.5. The third-order valence-corrected chi connectivity index (χ3v) is 3.98. The van der Waals surface area contributed by atoms with Crippen LogP contribution in [0.2, 0.25) is 0 Å². The van der Waals surface area contributed by atoms with Crippen LogP contribution in [-0.4, -0.2) is 22.2 Å². The number of para-hydroxylation sites is 2. The molecule has 0 saturated heterocycles. The number of H-pyrrole nitrogens is 1. The van der Waals surface area contributed by atoms with Crippen molar-refractivity contribution in [2.24, 2.45) is 0 Å². The van der Waals surface area contributed by atoms with E-state index in [4.69, 9.17) is 9.47 Å². The number of hydrogen-bond donors (Lipinski definition) is 2. The average molecular weight is 322 g/mol. The van der Waals surface area contributed by atoms with Gasteiger partial charge >= 0.3 is 0 Å². The molecule has 0 fully saturated rings. The van der Waals surface area contributed by atoms with Crippen LogP contribution >= 0.6 is 0 Å². The smallest absolute Gasteiger partial charge is 0.258 e. The molecule has 120 valence electrons. The molecule has 0 atom stereocenters. The van der Waals surface area contributed by atoms with E-state index in [9.17, 15) is 9.90 Å². The number of ether oxygens (including phenoxy) is 2. The van der Waals surface area contributed by atoms with E-state index in [1.165, 1.54) is 6.07 Å². The molecular formula is C18H14N2O4. The van der Waals surface area contributed by atoms with E-state index >= 15 is 0 Å². The van der Waals surface area contributed by atoms with Crippen molar-refractivity contribution < 1.29 is 14.6 Å². The minimum absolute atomic E-state index is 0.0365. The molecule has 0 bridgehead atoms. The fraction of sp³-hybridized carbons (Fsp3) is 0.111. The van der Waals surface area contributed by atoms with Gasteiger partial charge in [0.2, 0.25) is 5.88 Å². The van der Waals surface area contributed by atoms with Crippen LogP contribution < -0.4 is 15.0 Å². The number of hydrogen-bond acceptors (Lipinski definition) is 5. The molecule has 0 unspecified atom stereocenters. The standard InChI is InChI=1S/C18H14N2O4/c1-23-14-8-4-5-10-9-12-17(22)19-16(20-18(12)24-15(10)14)11-6-2-3-7-13(11)21/h2-8,21H,9H2,1H3,(H,19,20,22). The molecular weight excluding hydrogens is 308 g/mol. The molecule has 6 heteroatoms. The van der Waals surface area contributed by atoms with Gasteiger partial charge in [-0.15, -0.1) is 0 Å². The Hall–Kier alpha value is -3.28. The Kier molecular flexibility index (Phi) is 3.23. The van der Waals surface area contributed by atoms with E-state index in [-0.39, 0.29) is 23.0 Å². The molecule has 3 aromatic rings. The quantitative estimate of drug-likeness (QED) is 0.593. The molecule has 2 N–H and O–H groups in total. The molecule has 1 aliphatic heterocycles. The Morgan fingerprint density at radius 2 is 2.04 bits per heavy atom. The third-order valence-electron chi connectivity index (χ3n) is 3.98. The topological polar surface area (TPSA) is 84.4 Å². The lowest BCUT2D eigenvalue weighted by molar-refractivity contribution is 0.365. The van der Waals surface area contributed by atoms with Crippen molar-refractivity contribution in [2.45, 2.75) is 6.42 Å². The van der Waals surface area contributed by atoms with Gasteiger partial charge in [0.1, 0.15) is 11.6 Å². The maximum Gasteiger partial charge on any atom is 0.258 e. The normalized spacial score (nSPS) is 12.0. The summed E-state index contributed by atoms with van der Waals surface area (Å²) >= 11 is 0. The molecule has 24 heavy (non-hydrogen) atoms. The Bertz CT molecular complexity index is 995. The van der Waals surface area contributed by atoms with E-state index in [2.05, 4.69) is 9.97 Å². The second-order valence-corrected chi connectivity index (χ2v) is 5.44. The molecule has 6 nitrogen and oxygen atoms in total. The van der Waals surface area contributed by atoms with Gasteiger partial charge in [0.05, 0.1) is 18.2 Å². The van der Waals surface area contributed by atoms with Gasteiger partial charge in [0.15, 0.2) is 11.5 Å². The van der Waals surface area contributed by atoms with E-state index in [0.717, 1.165) is 5.56 Å². The van der Waals surface area contributed by atoms with Crippen molar-refractivity contribution in [2.75, 3.05) is 7.11 Å². The van der Waals surface area contributed by atoms with Gasteiger partial charge in [0, 0.05) is 12.0 Å². The summed E-state index contributed by atoms with van der Waals surface area (Å²) in [7, 11) is 1.56. The van der Waals surface area contributed by atoms with Crippen LogP contribution in [0, 0.1) is 0 Å². The predicted molar refractivity (Wildman–Crippen MR) is 87.8 cm³/mol. The maximum atomic E-state index is 12.4. The van der Waals surface area contributed by atoms with Crippen molar-refractivity contribution in [1.82, 2.24) is 9.97 Å². The van der Waals surface area contributed by atoms with E-state index in [1.54, 1.807) is 31.4 Å². The number of aromatic hydroxyl groups is 1. The van der Waals surface area contributed by atoms with Crippen LogP contribution in [0.5, 0.6) is 23.1 Å². The average Bonchev–Trinajstić information content (AvgIpc) is 2.60. The van der Waals surface area contributed by atoms with Gasteiger partial charge < -0.3 is 19.6 Å². The third kappa shape index (κ3) is 2.20. The highest BCUT2D eigenvalue weighted by molar-refractivity contribution is 5.64. The summed E-state index contributed by atoms with van der Waals surface area (Å²) in [6.07, 6.45) is 0.408. The van der Waals surface area contributed by atoms with Gasteiger partial charge in [0.25, 0.3) is 5.56 Å². The summed E-state index contributed by atoms with van der Waals surface area (Å²) in [6.45, 7) is 0. The first-order chi connectivity index (χ1) is 11.7. The van der Waals surface area contributed by atoms with E-state index < -0.39 is 0 Å². The summed E-state index contributed by atoms with van der Waals surface area (Å²) < 4.78 is 11.2. The number of nitrogens with zero attached hydrogens (tertiary/aromatic N) is 1. The molecule has 4 rings (SSSR count). The number of benzene rings is 2. The van der Waals surface area contributed by atoms with Crippen LogP contribution in [-0.2, 0) is 6.42 Å². The number of aromatic amines is 1. The zero-order valence-electron chi connectivity index (χ0n) is 12.9. The number of aromatic nitrogens is 2. The minimum Gasteiger partial charge on any atom is -0.507 e. The summed E-state index contributed by atoms with van der Waals surface area (Å²) in [5.41, 5.74) is 1.47. The van der Waals surface area contributed by atoms with Gasteiger partial charge in [-0.2, -0.15) is 4.98 Å². The van der Waals surface area contributed by atoms with Gasteiger partial charge in [-0.05, 0) is 18.2 Å². The van der Waals surface area contributed by atoms with Crippen LogP contribution in [0.1, 0.15) is 11.1 Å². The number of phenols is 1.